The lowest BCUT2D eigenvalue weighted by Gasteiger charge is -2.44. The lowest BCUT2D eigenvalue weighted by Crippen LogP contribution is -2.35. The monoisotopic (exact) mass is 468 g/mol. The molecule has 0 saturated heterocycles. The van der Waals surface area contributed by atoms with E-state index >= 15 is 0 Å². The number of hydrogen-bond donors (Lipinski definition) is 2. The fraction of sp³-hybridized carbons (Fsp3) is 0.652. The van der Waals surface area contributed by atoms with E-state index in [1.54, 1.807) is 5.57 Å². The van der Waals surface area contributed by atoms with Crippen molar-refractivity contribution < 1.29 is 10.2 Å². The van der Waals surface area contributed by atoms with E-state index < -0.39 is 12.2 Å². The summed E-state index contributed by atoms with van der Waals surface area (Å²) >= 11 is 2.34. The van der Waals surface area contributed by atoms with Crippen molar-refractivity contribution in [2.45, 2.75) is 71.0 Å². The van der Waals surface area contributed by atoms with E-state index in [0.29, 0.717) is 30.1 Å². The van der Waals surface area contributed by atoms with Gasteiger partial charge in [0, 0.05) is 6.42 Å². The lowest BCUT2D eigenvalue weighted by molar-refractivity contribution is 0.0862. The van der Waals surface area contributed by atoms with E-state index in [1.165, 1.54) is 32.1 Å². The van der Waals surface area contributed by atoms with Crippen molar-refractivity contribution in [2.75, 3.05) is 0 Å². The lowest BCUT2D eigenvalue weighted by atomic mass is 9.61. The van der Waals surface area contributed by atoms with Gasteiger partial charge in [-0.2, -0.15) is 0 Å². The third-order valence-corrected chi connectivity index (χ3v) is 7.73. The van der Waals surface area contributed by atoms with Gasteiger partial charge in [0.2, 0.25) is 0 Å². The highest BCUT2D eigenvalue weighted by Crippen LogP contribution is 2.59. The van der Waals surface area contributed by atoms with Gasteiger partial charge in [-0.25, -0.2) is 0 Å². The van der Waals surface area contributed by atoms with Gasteiger partial charge in [-0.05, 0) is 76.9 Å². The predicted octanol–water partition coefficient (Wildman–Crippen LogP) is 5.71. The fourth-order valence-corrected chi connectivity index (χ4v) is 6.51. The fourth-order valence-electron chi connectivity index (χ4n) is 5.86. The molecule has 0 aromatic heterocycles. The smallest absolute Gasteiger partial charge is 0.0811 e. The summed E-state index contributed by atoms with van der Waals surface area (Å²) in [6.45, 7) is 8.93. The van der Waals surface area contributed by atoms with Gasteiger partial charge in [0.1, 0.15) is 0 Å². The second kappa shape index (κ2) is 8.32. The van der Waals surface area contributed by atoms with Gasteiger partial charge in [0.05, 0.1) is 12.2 Å². The molecule has 3 heteroatoms. The minimum Gasteiger partial charge on any atom is -0.393 e. The SMILES string of the molecule is C=C1/C(=C\C=C2/CCC[C@@]3(C)C2CCC3C(C)/C=C/I)C[C@@H](O)C[C@@H]1O. The first-order valence-electron chi connectivity index (χ1n) is 10.1. The molecule has 26 heavy (non-hydrogen) atoms. The Hall–Kier alpha value is -0.390. The van der Waals surface area contributed by atoms with Crippen molar-refractivity contribution in [2.24, 2.45) is 23.2 Å². The van der Waals surface area contributed by atoms with E-state index in [0.717, 1.165) is 17.1 Å². The number of halogens is 1. The summed E-state index contributed by atoms with van der Waals surface area (Å²) < 4.78 is 2.18. The molecular weight excluding hydrogens is 435 g/mol. The second-order valence-electron chi connectivity index (χ2n) is 8.84. The number of allylic oxidation sites excluding steroid dienone is 4. The third-order valence-electron chi connectivity index (χ3n) is 7.31. The molecule has 3 aliphatic rings. The Balaban J connectivity index is 1.82. The molecule has 0 radical (unpaired) electrons. The van der Waals surface area contributed by atoms with Crippen molar-refractivity contribution in [3.8, 4) is 0 Å². The largest absolute Gasteiger partial charge is 0.393 e. The van der Waals surface area contributed by atoms with Gasteiger partial charge in [0.15, 0.2) is 0 Å². The molecule has 0 heterocycles. The number of aliphatic hydroxyl groups is 2. The molecular formula is C23H33IO2. The average molecular weight is 468 g/mol. The first-order valence-corrected chi connectivity index (χ1v) is 11.3. The highest BCUT2D eigenvalue weighted by molar-refractivity contribution is 14.1. The molecule has 0 amide bonds. The van der Waals surface area contributed by atoms with Crippen LogP contribution in [-0.2, 0) is 0 Å². The van der Waals surface area contributed by atoms with E-state index in [-0.39, 0.29) is 0 Å². The summed E-state index contributed by atoms with van der Waals surface area (Å²) in [6, 6.07) is 0. The van der Waals surface area contributed by atoms with Gasteiger partial charge >= 0.3 is 0 Å². The number of aliphatic hydroxyl groups excluding tert-OH is 2. The van der Waals surface area contributed by atoms with Gasteiger partial charge < -0.3 is 10.2 Å². The van der Waals surface area contributed by atoms with Crippen LogP contribution in [0.15, 0.2) is 45.6 Å². The number of hydrogen-bond acceptors (Lipinski definition) is 2. The maximum atomic E-state index is 10.1. The second-order valence-corrected chi connectivity index (χ2v) is 9.56. The molecule has 3 aliphatic carbocycles. The van der Waals surface area contributed by atoms with Crippen LogP contribution in [0.2, 0.25) is 0 Å². The van der Waals surface area contributed by atoms with Gasteiger partial charge in [-0.3, -0.25) is 0 Å². The summed E-state index contributed by atoms with van der Waals surface area (Å²) in [5.74, 6) is 2.08. The van der Waals surface area contributed by atoms with E-state index in [1.807, 2.05) is 0 Å². The summed E-state index contributed by atoms with van der Waals surface area (Å²) in [7, 11) is 0. The van der Waals surface area contributed by atoms with Crippen molar-refractivity contribution in [3.63, 3.8) is 0 Å². The number of rotatable bonds is 3. The van der Waals surface area contributed by atoms with E-state index in [9.17, 15) is 10.2 Å². The number of fused-ring (bicyclic) bond motifs is 1. The molecule has 3 fully saturated rings. The standard InChI is InChI=1S/C23H33IO2/c1-15(10-12-24)20-8-9-21-17(5-4-11-23(20,21)3)6-7-18-13-19(25)14-22(26)16(18)2/h6-7,10,12,15,19-22,25-26H,2,4-5,8-9,11,13-14H2,1,3H3/b12-10+,17-6+,18-7-/t15?,19-,20?,21?,22+,23-/m1/s1. The van der Waals surface area contributed by atoms with Gasteiger partial charge in [-0.15, -0.1) is 0 Å². The molecule has 3 saturated carbocycles. The minimum atomic E-state index is -0.600. The van der Waals surface area contributed by atoms with Crippen LogP contribution in [0.5, 0.6) is 0 Å². The van der Waals surface area contributed by atoms with Crippen LogP contribution in [0.4, 0.5) is 0 Å². The summed E-state index contributed by atoms with van der Waals surface area (Å²) in [5, 5.41) is 20.0. The molecule has 0 bridgehead atoms. The van der Waals surface area contributed by atoms with Crippen LogP contribution in [0.1, 0.15) is 58.8 Å². The zero-order chi connectivity index (χ0) is 18.9. The highest BCUT2D eigenvalue weighted by Gasteiger charge is 2.50. The molecule has 2 nitrogen and oxygen atoms in total. The predicted molar refractivity (Wildman–Crippen MR) is 117 cm³/mol. The third kappa shape index (κ3) is 3.90. The van der Waals surface area contributed by atoms with Crippen LogP contribution >= 0.6 is 22.6 Å². The Kier molecular flexibility index (Phi) is 6.51. The normalized spacial score (nSPS) is 42.6. The molecule has 144 valence electrons. The Morgan fingerprint density at radius 2 is 2.04 bits per heavy atom. The topological polar surface area (TPSA) is 40.5 Å². The van der Waals surface area contributed by atoms with Gasteiger partial charge in [-0.1, -0.05) is 66.8 Å². The zero-order valence-corrected chi connectivity index (χ0v) is 18.3. The molecule has 3 rings (SSSR count). The summed E-state index contributed by atoms with van der Waals surface area (Å²) in [4.78, 5) is 0. The van der Waals surface area contributed by atoms with Crippen molar-refractivity contribution >= 4 is 22.6 Å². The Labute approximate surface area is 172 Å². The average Bonchev–Trinajstić information content (AvgIpc) is 2.94. The Bertz CT molecular complexity index is 632. The first-order chi connectivity index (χ1) is 12.4. The molecule has 0 aliphatic heterocycles. The van der Waals surface area contributed by atoms with Crippen LogP contribution in [-0.4, -0.2) is 22.4 Å². The maximum Gasteiger partial charge on any atom is 0.0811 e. The van der Waals surface area contributed by atoms with Crippen molar-refractivity contribution in [1.82, 2.24) is 0 Å². The highest BCUT2D eigenvalue weighted by atomic mass is 127. The maximum absolute atomic E-state index is 10.1. The van der Waals surface area contributed by atoms with Crippen molar-refractivity contribution in [3.05, 3.63) is 45.6 Å². The summed E-state index contributed by atoms with van der Waals surface area (Å²) in [5.41, 5.74) is 3.78. The van der Waals surface area contributed by atoms with Gasteiger partial charge in [0.25, 0.3) is 0 Å². The quantitative estimate of drug-likeness (QED) is 0.521. The first kappa shape index (κ1) is 20.3. The Morgan fingerprint density at radius 3 is 2.77 bits per heavy atom. The van der Waals surface area contributed by atoms with Crippen molar-refractivity contribution in [1.29, 1.82) is 0 Å². The van der Waals surface area contributed by atoms with Crippen LogP contribution in [0.3, 0.4) is 0 Å². The van der Waals surface area contributed by atoms with E-state index in [4.69, 9.17) is 0 Å². The zero-order valence-electron chi connectivity index (χ0n) is 16.1. The van der Waals surface area contributed by atoms with Crippen LogP contribution in [0, 0.1) is 23.2 Å². The molecule has 0 aromatic rings. The molecule has 2 N–H and O–H groups in total. The molecule has 6 atom stereocenters. The van der Waals surface area contributed by atoms with Crippen LogP contribution < -0.4 is 0 Å². The minimum absolute atomic E-state index is 0.404. The molecule has 0 aromatic carbocycles. The Morgan fingerprint density at radius 1 is 1.27 bits per heavy atom. The molecule has 3 unspecified atom stereocenters. The summed E-state index contributed by atoms with van der Waals surface area (Å²) in [6.07, 6.45) is 13.2. The van der Waals surface area contributed by atoms with Crippen LogP contribution in [0.25, 0.3) is 0 Å². The van der Waals surface area contributed by atoms with E-state index in [2.05, 4.69) is 65.3 Å². The molecule has 0 spiro atoms.